The van der Waals surface area contributed by atoms with Gasteiger partial charge >= 0.3 is 5.97 Å². The fraction of sp³-hybridized carbons (Fsp3) is 0.625. The molecule has 116 valence electrons. The van der Waals surface area contributed by atoms with Crippen molar-refractivity contribution < 1.29 is 14.7 Å². The van der Waals surface area contributed by atoms with E-state index in [4.69, 9.17) is 0 Å². The molecule has 2 rings (SSSR count). The van der Waals surface area contributed by atoms with Crippen LogP contribution in [0.15, 0.2) is 6.07 Å². The molecule has 0 bridgehead atoms. The lowest BCUT2D eigenvalue weighted by atomic mass is 9.99. The Kier molecular flexibility index (Phi) is 5.39. The van der Waals surface area contributed by atoms with Gasteiger partial charge in [-0.15, -0.1) is 11.3 Å². The standard InChI is InChI=1S/C16H23NO3S/c1-3-10(2)14(16(19)20)17-15(18)13-9-11-7-5-4-6-8-12(11)21-13/h9-10,14H,3-8H2,1-2H3,(H,17,18)(H,19,20)/t10?,14-/m0/s1. The summed E-state index contributed by atoms with van der Waals surface area (Å²) in [5.41, 5.74) is 1.28. The third kappa shape index (κ3) is 3.84. The molecular formula is C16H23NO3S. The number of amides is 1. The molecule has 1 aliphatic rings. The lowest BCUT2D eigenvalue weighted by Crippen LogP contribution is -2.44. The van der Waals surface area contributed by atoms with Crippen LogP contribution < -0.4 is 5.32 Å². The number of carbonyl (C=O) groups is 2. The van der Waals surface area contributed by atoms with Crippen molar-refractivity contribution in [1.82, 2.24) is 5.32 Å². The lowest BCUT2D eigenvalue weighted by molar-refractivity contribution is -0.140. The summed E-state index contributed by atoms with van der Waals surface area (Å²) >= 11 is 1.52. The van der Waals surface area contributed by atoms with Gasteiger partial charge in [0, 0.05) is 4.88 Å². The molecule has 0 radical (unpaired) electrons. The second kappa shape index (κ2) is 7.07. The van der Waals surface area contributed by atoms with Crippen LogP contribution in [-0.2, 0) is 17.6 Å². The summed E-state index contributed by atoms with van der Waals surface area (Å²) in [5.74, 6) is -1.29. The normalized spacial score (nSPS) is 17.4. The zero-order valence-corrected chi connectivity index (χ0v) is 13.5. The molecule has 0 fully saturated rings. The van der Waals surface area contributed by atoms with Gasteiger partial charge in [-0.05, 0) is 43.2 Å². The number of hydrogen-bond acceptors (Lipinski definition) is 3. The second-order valence-electron chi connectivity index (χ2n) is 5.79. The Morgan fingerprint density at radius 3 is 2.71 bits per heavy atom. The lowest BCUT2D eigenvalue weighted by Gasteiger charge is -2.19. The van der Waals surface area contributed by atoms with Crippen molar-refractivity contribution in [1.29, 1.82) is 0 Å². The van der Waals surface area contributed by atoms with Gasteiger partial charge in [0.05, 0.1) is 4.88 Å². The monoisotopic (exact) mass is 309 g/mol. The highest BCUT2D eigenvalue weighted by Crippen LogP contribution is 2.29. The van der Waals surface area contributed by atoms with E-state index < -0.39 is 12.0 Å². The average Bonchev–Trinajstić information content (AvgIpc) is 2.74. The molecule has 1 heterocycles. The number of aliphatic carboxylic acids is 1. The summed E-state index contributed by atoms with van der Waals surface area (Å²) in [4.78, 5) is 25.6. The number of nitrogens with one attached hydrogen (secondary N) is 1. The molecule has 4 nitrogen and oxygen atoms in total. The van der Waals surface area contributed by atoms with Gasteiger partial charge in [0.2, 0.25) is 0 Å². The van der Waals surface area contributed by atoms with Gasteiger partial charge in [0.1, 0.15) is 6.04 Å². The molecule has 1 aromatic heterocycles. The van der Waals surface area contributed by atoms with E-state index in [0.29, 0.717) is 4.88 Å². The molecular weight excluding hydrogens is 286 g/mol. The molecule has 5 heteroatoms. The van der Waals surface area contributed by atoms with Crippen LogP contribution in [0.3, 0.4) is 0 Å². The van der Waals surface area contributed by atoms with Crippen molar-refractivity contribution in [2.24, 2.45) is 5.92 Å². The number of carboxylic acid groups (broad SMARTS) is 1. The van der Waals surface area contributed by atoms with Crippen molar-refractivity contribution in [3.63, 3.8) is 0 Å². The molecule has 0 saturated carbocycles. The quantitative estimate of drug-likeness (QED) is 0.821. The van der Waals surface area contributed by atoms with Gasteiger partial charge in [0.25, 0.3) is 5.91 Å². The first-order chi connectivity index (χ1) is 10.0. The molecule has 0 spiro atoms. The predicted molar refractivity (Wildman–Crippen MR) is 83.9 cm³/mol. The number of aryl methyl sites for hydroxylation is 2. The first kappa shape index (κ1) is 16.0. The zero-order valence-electron chi connectivity index (χ0n) is 12.6. The molecule has 1 aromatic rings. The number of rotatable bonds is 5. The Balaban J connectivity index is 2.11. The first-order valence-corrected chi connectivity index (χ1v) is 8.49. The number of hydrogen-bond donors (Lipinski definition) is 2. The van der Waals surface area contributed by atoms with Crippen molar-refractivity contribution in [2.75, 3.05) is 0 Å². The highest BCUT2D eigenvalue weighted by molar-refractivity contribution is 7.14. The SMILES string of the molecule is CCC(C)[C@H](NC(=O)c1cc2c(s1)CCCCC2)C(=O)O. The molecule has 21 heavy (non-hydrogen) atoms. The van der Waals surface area contributed by atoms with E-state index in [9.17, 15) is 14.7 Å². The summed E-state index contributed by atoms with van der Waals surface area (Å²) in [6, 6.07) is 1.14. The summed E-state index contributed by atoms with van der Waals surface area (Å²) in [6.07, 6.45) is 6.40. The third-order valence-electron chi connectivity index (χ3n) is 4.24. The number of carbonyl (C=O) groups excluding carboxylic acids is 1. The Morgan fingerprint density at radius 1 is 1.33 bits per heavy atom. The fourth-order valence-electron chi connectivity index (χ4n) is 2.67. The molecule has 0 saturated heterocycles. The topological polar surface area (TPSA) is 66.4 Å². The van der Waals surface area contributed by atoms with Crippen LogP contribution in [0.1, 0.15) is 59.6 Å². The zero-order chi connectivity index (χ0) is 15.4. The van der Waals surface area contributed by atoms with Gasteiger partial charge in [-0.3, -0.25) is 4.79 Å². The number of fused-ring (bicyclic) bond motifs is 1. The molecule has 2 N–H and O–H groups in total. The predicted octanol–water partition coefficient (Wildman–Crippen LogP) is 3.25. The van der Waals surface area contributed by atoms with Crippen LogP contribution in [0.4, 0.5) is 0 Å². The van der Waals surface area contributed by atoms with Crippen LogP contribution in [0, 0.1) is 5.92 Å². The van der Waals surface area contributed by atoms with E-state index in [0.717, 1.165) is 19.3 Å². The van der Waals surface area contributed by atoms with Crippen LogP contribution in [0.5, 0.6) is 0 Å². The van der Waals surface area contributed by atoms with Crippen molar-refractivity contribution >= 4 is 23.2 Å². The minimum Gasteiger partial charge on any atom is -0.480 e. The van der Waals surface area contributed by atoms with E-state index in [1.54, 1.807) is 0 Å². The van der Waals surface area contributed by atoms with E-state index in [2.05, 4.69) is 5.32 Å². The molecule has 1 amide bonds. The molecule has 1 aliphatic carbocycles. The van der Waals surface area contributed by atoms with E-state index in [1.165, 1.54) is 41.0 Å². The summed E-state index contributed by atoms with van der Waals surface area (Å²) in [7, 11) is 0. The van der Waals surface area contributed by atoms with E-state index in [-0.39, 0.29) is 11.8 Å². The van der Waals surface area contributed by atoms with E-state index >= 15 is 0 Å². The van der Waals surface area contributed by atoms with Gasteiger partial charge in [-0.2, -0.15) is 0 Å². The van der Waals surface area contributed by atoms with Crippen LogP contribution in [0.2, 0.25) is 0 Å². The number of carboxylic acids is 1. The maximum atomic E-state index is 12.3. The van der Waals surface area contributed by atoms with Gasteiger partial charge in [0.15, 0.2) is 0 Å². The van der Waals surface area contributed by atoms with Crippen LogP contribution in [0.25, 0.3) is 0 Å². The summed E-state index contributed by atoms with van der Waals surface area (Å²) in [6.45, 7) is 3.78. The van der Waals surface area contributed by atoms with Crippen molar-refractivity contribution in [3.8, 4) is 0 Å². The van der Waals surface area contributed by atoms with Gasteiger partial charge in [-0.25, -0.2) is 4.79 Å². The summed E-state index contributed by atoms with van der Waals surface area (Å²) in [5, 5.41) is 11.9. The number of thiophene rings is 1. The average molecular weight is 309 g/mol. The Labute approximate surface area is 129 Å². The second-order valence-corrected chi connectivity index (χ2v) is 6.93. The Hall–Kier alpha value is -1.36. The fourth-order valence-corrected chi connectivity index (χ4v) is 3.83. The molecule has 1 unspecified atom stereocenters. The highest BCUT2D eigenvalue weighted by atomic mass is 32.1. The Morgan fingerprint density at radius 2 is 2.05 bits per heavy atom. The van der Waals surface area contributed by atoms with E-state index in [1.807, 2.05) is 19.9 Å². The highest BCUT2D eigenvalue weighted by Gasteiger charge is 2.27. The maximum Gasteiger partial charge on any atom is 0.326 e. The smallest absolute Gasteiger partial charge is 0.326 e. The minimum atomic E-state index is -0.962. The van der Waals surface area contributed by atoms with Gasteiger partial charge < -0.3 is 10.4 Å². The molecule has 0 aromatic carbocycles. The summed E-state index contributed by atoms with van der Waals surface area (Å²) < 4.78 is 0. The molecule has 0 aliphatic heterocycles. The van der Waals surface area contributed by atoms with Crippen LogP contribution in [-0.4, -0.2) is 23.0 Å². The maximum absolute atomic E-state index is 12.3. The Bertz CT molecular complexity index is 500. The van der Waals surface area contributed by atoms with Crippen molar-refractivity contribution in [2.45, 2.75) is 58.4 Å². The van der Waals surface area contributed by atoms with Crippen molar-refractivity contribution in [3.05, 3.63) is 21.4 Å². The largest absolute Gasteiger partial charge is 0.480 e. The first-order valence-electron chi connectivity index (χ1n) is 7.68. The minimum absolute atomic E-state index is 0.0794. The third-order valence-corrected chi connectivity index (χ3v) is 5.47. The van der Waals surface area contributed by atoms with Crippen LogP contribution >= 0.6 is 11.3 Å². The van der Waals surface area contributed by atoms with Gasteiger partial charge in [-0.1, -0.05) is 26.7 Å². The molecule has 2 atom stereocenters.